The molecule has 0 amide bonds. The first-order valence-electron chi connectivity index (χ1n) is 5.96. The van der Waals surface area contributed by atoms with Gasteiger partial charge in [0.2, 0.25) is 0 Å². The van der Waals surface area contributed by atoms with Crippen LogP contribution in [0, 0.1) is 0 Å². The summed E-state index contributed by atoms with van der Waals surface area (Å²) in [6, 6.07) is 0. The number of aliphatic hydroxyl groups excluding tert-OH is 3. The van der Waals surface area contributed by atoms with Crippen LogP contribution in [0.15, 0.2) is 16.0 Å². The van der Waals surface area contributed by atoms with Gasteiger partial charge in [0, 0.05) is 11.8 Å². The molecule has 0 radical (unpaired) electrons. The van der Waals surface area contributed by atoms with Crippen LogP contribution >= 0.6 is 15.9 Å². The van der Waals surface area contributed by atoms with Crippen molar-refractivity contribution in [3.63, 3.8) is 0 Å². The van der Waals surface area contributed by atoms with E-state index < -0.39 is 36.8 Å². The Morgan fingerprint density at radius 3 is 2.71 bits per heavy atom. The number of hydrogen-bond acceptors (Lipinski definition) is 8. The second kappa shape index (κ2) is 6.64. The molecule has 116 valence electrons. The first-order valence-corrected chi connectivity index (χ1v) is 6.87. The summed E-state index contributed by atoms with van der Waals surface area (Å²) in [7, 11) is 0. The highest BCUT2D eigenvalue weighted by Gasteiger charge is 2.43. The lowest BCUT2D eigenvalue weighted by Gasteiger charge is -2.18. The second-order valence-electron chi connectivity index (χ2n) is 4.37. The van der Waals surface area contributed by atoms with E-state index in [1.807, 2.05) is 0 Å². The predicted molar refractivity (Wildman–Crippen MR) is 74.9 cm³/mol. The fourth-order valence-electron chi connectivity index (χ4n) is 2.06. The first-order chi connectivity index (χ1) is 10.0. The predicted octanol–water partition coefficient (Wildman–Crippen LogP) is -0.979. The Bertz CT molecular complexity index is 592. The molecule has 21 heavy (non-hydrogen) atoms. The van der Waals surface area contributed by atoms with Gasteiger partial charge in [0.15, 0.2) is 12.0 Å². The normalized spacial score (nSPS) is 29.2. The van der Waals surface area contributed by atoms with Crippen molar-refractivity contribution in [2.24, 2.45) is 0 Å². The highest BCUT2D eigenvalue weighted by atomic mass is 79.9. The molecule has 1 aromatic heterocycles. The summed E-state index contributed by atoms with van der Waals surface area (Å²) in [6.45, 7) is -0.499. The summed E-state index contributed by atoms with van der Waals surface area (Å²) in [5.74, 6) is -0.0707. The van der Waals surface area contributed by atoms with Gasteiger partial charge in [0.05, 0.1) is 6.61 Å². The summed E-state index contributed by atoms with van der Waals surface area (Å²) in [5, 5.41) is 37.6. The molecule has 4 atom stereocenters. The van der Waals surface area contributed by atoms with E-state index in [2.05, 4.69) is 20.9 Å². The molecule has 0 bridgehead atoms. The molecule has 0 spiro atoms. The van der Waals surface area contributed by atoms with Crippen molar-refractivity contribution in [1.29, 1.82) is 0 Å². The van der Waals surface area contributed by atoms with Crippen molar-refractivity contribution in [3.8, 4) is 0 Å². The number of aromatic nitrogens is 2. The van der Waals surface area contributed by atoms with E-state index in [1.165, 1.54) is 17.3 Å². The highest BCUT2D eigenvalue weighted by Crippen LogP contribution is 2.28. The van der Waals surface area contributed by atoms with Gasteiger partial charge in [-0.2, -0.15) is 4.98 Å². The fraction of sp³-hybridized carbons (Fsp3) is 0.455. The van der Waals surface area contributed by atoms with E-state index in [4.69, 9.17) is 15.1 Å². The van der Waals surface area contributed by atoms with E-state index in [-0.39, 0.29) is 5.82 Å². The Morgan fingerprint density at radius 1 is 1.48 bits per heavy atom. The molecular formula is C11H14BrN3O6. The summed E-state index contributed by atoms with van der Waals surface area (Å²) in [4.78, 5) is 17.0. The van der Waals surface area contributed by atoms with Crippen LogP contribution in [0.1, 0.15) is 11.8 Å². The van der Waals surface area contributed by atoms with Gasteiger partial charge in [-0.05, 0) is 11.1 Å². The minimum Gasteiger partial charge on any atom is -0.394 e. The van der Waals surface area contributed by atoms with E-state index in [9.17, 15) is 15.0 Å². The third kappa shape index (κ3) is 3.00. The zero-order chi connectivity index (χ0) is 15.6. The van der Waals surface area contributed by atoms with Gasteiger partial charge in [-0.1, -0.05) is 15.9 Å². The van der Waals surface area contributed by atoms with Crippen LogP contribution in [0.5, 0.6) is 0 Å². The average Bonchev–Trinajstić information content (AvgIpc) is 2.76. The quantitative estimate of drug-likeness (QED) is 0.430. The molecule has 10 heteroatoms. The monoisotopic (exact) mass is 363 g/mol. The van der Waals surface area contributed by atoms with Crippen LogP contribution < -0.4 is 11.2 Å². The molecule has 0 unspecified atom stereocenters. The zero-order valence-corrected chi connectivity index (χ0v) is 12.2. The van der Waals surface area contributed by atoms with Crippen molar-refractivity contribution in [2.75, 3.05) is 12.1 Å². The molecule has 5 N–H and O–H groups in total. The van der Waals surface area contributed by atoms with E-state index in [0.29, 0.717) is 5.56 Å². The summed E-state index contributed by atoms with van der Waals surface area (Å²) < 4.78 is 6.24. The van der Waals surface area contributed by atoms with Crippen molar-refractivity contribution in [1.82, 2.24) is 9.55 Å². The van der Waals surface area contributed by atoms with Gasteiger partial charge >= 0.3 is 5.69 Å². The van der Waals surface area contributed by atoms with Gasteiger partial charge < -0.3 is 20.1 Å². The summed E-state index contributed by atoms with van der Waals surface area (Å²) in [6.07, 6.45) is -2.10. The molecule has 1 fully saturated rings. The summed E-state index contributed by atoms with van der Waals surface area (Å²) >= 11 is 3.06. The third-order valence-electron chi connectivity index (χ3n) is 3.12. The number of aliphatic hydroxyl groups is 3. The number of hydrogen-bond donors (Lipinski definition) is 5. The average molecular weight is 364 g/mol. The lowest BCUT2D eigenvalue weighted by Crippen LogP contribution is -2.36. The number of halogens is 1. The van der Waals surface area contributed by atoms with E-state index >= 15 is 0 Å². The lowest BCUT2D eigenvalue weighted by molar-refractivity contribution is -0.0549. The topological polar surface area (TPSA) is 137 Å². The van der Waals surface area contributed by atoms with Crippen LogP contribution in [0.3, 0.4) is 0 Å². The Kier molecular flexibility index (Phi) is 5.08. The van der Waals surface area contributed by atoms with E-state index in [0.717, 1.165) is 4.57 Å². The SMILES string of the molecule is O=c1nc(NO)c(/C=C/Br)cn1[C@@H]1O[C@H](CO)[C@@H](O)[C@H]1O. The Morgan fingerprint density at radius 2 is 2.19 bits per heavy atom. The van der Waals surface area contributed by atoms with Gasteiger partial charge in [-0.15, -0.1) is 0 Å². The molecule has 9 nitrogen and oxygen atoms in total. The Labute approximate surface area is 127 Å². The second-order valence-corrected chi connectivity index (χ2v) is 4.90. The maximum atomic E-state index is 11.9. The smallest absolute Gasteiger partial charge is 0.351 e. The van der Waals surface area contributed by atoms with Gasteiger partial charge in [-0.25, -0.2) is 4.79 Å². The van der Waals surface area contributed by atoms with E-state index in [1.54, 1.807) is 5.48 Å². The number of ether oxygens (including phenoxy) is 1. The van der Waals surface area contributed by atoms with Crippen LogP contribution in [0.2, 0.25) is 0 Å². The Hall–Kier alpha value is -1.30. The standard InChI is InChI=1S/C11H14BrN3O6/c12-2-1-5-3-15(11(19)13-9(5)14-20)10-8(18)7(17)6(4-16)21-10/h1-3,6-8,10,16-18,20H,4H2,(H,13,14,19)/b2-1+/t6-,7-,8-,10-/m1/s1. The van der Waals surface area contributed by atoms with Crippen LogP contribution in [0.4, 0.5) is 5.82 Å². The molecule has 1 aliphatic heterocycles. The van der Waals surface area contributed by atoms with Crippen LogP contribution in [0.25, 0.3) is 6.08 Å². The first kappa shape index (κ1) is 16.1. The molecule has 1 saturated heterocycles. The number of nitrogens with zero attached hydrogens (tertiary/aromatic N) is 2. The van der Waals surface area contributed by atoms with Crippen molar-refractivity contribution in [2.45, 2.75) is 24.5 Å². The van der Waals surface area contributed by atoms with Crippen molar-refractivity contribution < 1.29 is 25.3 Å². The number of anilines is 1. The zero-order valence-electron chi connectivity index (χ0n) is 10.6. The highest BCUT2D eigenvalue weighted by molar-refractivity contribution is 9.11. The largest absolute Gasteiger partial charge is 0.394 e. The van der Waals surface area contributed by atoms with Gasteiger partial charge in [0.25, 0.3) is 0 Å². The van der Waals surface area contributed by atoms with Gasteiger partial charge in [-0.3, -0.25) is 15.3 Å². The summed E-state index contributed by atoms with van der Waals surface area (Å²) in [5.41, 5.74) is 1.33. The minimum atomic E-state index is -1.39. The Balaban J connectivity index is 2.45. The number of rotatable bonds is 4. The number of nitrogens with one attached hydrogen (secondary N) is 1. The molecule has 0 aliphatic carbocycles. The molecule has 0 saturated carbocycles. The molecule has 0 aromatic carbocycles. The van der Waals surface area contributed by atoms with Crippen molar-refractivity contribution in [3.05, 3.63) is 27.2 Å². The van der Waals surface area contributed by atoms with Crippen LogP contribution in [-0.2, 0) is 4.74 Å². The molecule has 2 heterocycles. The fourth-order valence-corrected chi connectivity index (χ4v) is 2.34. The third-order valence-corrected chi connectivity index (χ3v) is 3.38. The maximum absolute atomic E-state index is 11.9. The lowest BCUT2D eigenvalue weighted by atomic mass is 10.1. The van der Waals surface area contributed by atoms with Crippen molar-refractivity contribution >= 4 is 27.8 Å². The molecule has 1 aromatic rings. The molecule has 2 rings (SSSR count). The molecular weight excluding hydrogens is 350 g/mol. The maximum Gasteiger partial charge on any atom is 0.351 e. The van der Waals surface area contributed by atoms with Crippen LogP contribution in [-0.4, -0.2) is 55.0 Å². The minimum absolute atomic E-state index is 0.0707. The molecule has 1 aliphatic rings. The van der Waals surface area contributed by atoms with Gasteiger partial charge in [0.1, 0.15) is 18.3 Å².